The minimum atomic E-state index is -0.210. The van der Waals surface area contributed by atoms with Crippen molar-refractivity contribution in [2.75, 3.05) is 0 Å². The molecule has 0 bridgehead atoms. The van der Waals surface area contributed by atoms with Gasteiger partial charge in [0.2, 0.25) is 0 Å². The highest BCUT2D eigenvalue weighted by atomic mass is 16.2. The van der Waals surface area contributed by atoms with E-state index in [9.17, 15) is 9.59 Å². The Bertz CT molecular complexity index is 470. The maximum atomic E-state index is 12.0. The number of fused-ring (bicyclic) bond motifs is 1. The molecule has 2 amide bonds. The van der Waals surface area contributed by atoms with Gasteiger partial charge < -0.3 is 0 Å². The first-order chi connectivity index (χ1) is 9.25. The fourth-order valence-electron chi connectivity index (χ4n) is 2.08. The molecule has 0 aromatic heterocycles. The summed E-state index contributed by atoms with van der Waals surface area (Å²) in [6.07, 6.45) is 8.00. The number of carbonyl (C=O) groups is 2. The van der Waals surface area contributed by atoms with Crippen LogP contribution in [0.2, 0.25) is 0 Å². The SMILES string of the molecule is CCC/C=C/CC[CH]N1C(=O)c2ccccc2C1=O. The molecule has 0 aliphatic carbocycles. The third kappa shape index (κ3) is 2.92. The molecule has 0 saturated heterocycles. The molecular weight excluding hydrogens is 238 g/mol. The third-order valence-electron chi connectivity index (χ3n) is 3.09. The number of imide groups is 1. The molecule has 0 spiro atoms. The van der Waals surface area contributed by atoms with Crippen molar-refractivity contribution in [1.82, 2.24) is 4.90 Å². The number of rotatable bonds is 6. The molecule has 0 fully saturated rings. The van der Waals surface area contributed by atoms with Gasteiger partial charge in [0, 0.05) is 0 Å². The lowest BCUT2D eigenvalue weighted by atomic mass is 10.1. The molecule has 0 atom stereocenters. The van der Waals surface area contributed by atoms with Crippen molar-refractivity contribution >= 4 is 11.8 Å². The molecule has 3 heteroatoms. The van der Waals surface area contributed by atoms with Crippen LogP contribution in [-0.4, -0.2) is 16.7 Å². The van der Waals surface area contributed by atoms with Gasteiger partial charge in [0.1, 0.15) is 0 Å². The van der Waals surface area contributed by atoms with Gasteiger partial charge in [0.05, 0.1) is 17.7 Å². The number of amides is 2. The minimum absolute atomic E-state index is 0.210. The summed E-state index contributed by atoms with van der Waals surface area (Å²) in [6.45, 7) is 3.83. The van der Waals surface area contributed by atoms with E-state index >= 15 is 0 Å². The van der Waals surface area contributed by atoms with Crippen LogP contribution in [0.25, 0.3) is 0 Å². The van der Waals surface area contributed by atoms with E-state index in [4.69, 9.17) is 0 Å². The summed E-state index contributed by atoms with van der Waals surface area (Å²) in [5, 5.41) is 0. The lowest BCUT2D eigenvalue weighted by Gasteiger charge is -2.11. The first kappa shape index (κ1) is 13.5. The van der Waals surface area contributed by atoms with Crippen molar-refractivity contribution in [1.29, 1.82) is 0 Å². The summed E-state index contributed by atoms with van der Waals surface area (Å²) < 4.78 is 0. The highest BCUT2D eigenvalue weighted by molar-refractivity contribution is 6.21. The van der Waals surface area contributed by atoms with Gasteiger partial charge in [-0.05, 0) is 31.4 Å². The van der Waals surface area contributed by atoms with Gasteiger partial charge in [-0.15, -0.1) is 0 Å². The maximum Gasteiger partial charge on any atom is 0.261 e. The molecule has 1 radical (unpaired) electrons. The first-order valence-corrected chi connectivity index (χ1v) is 6.71. The van der Waals surface area contributed by atoms with Gasteiger partial charge in [-0.1, -0.05) is 37.6 Å². The Morgan fingerprint density at radius 3 is 2.11 bits per heavy atom. The molecule has 2 rings (SSSR count). The number of allylic oxidation sites excluding steroid dienone is 2. The van der Waals surface area contributed by atoms with Crippen molar-refractivity contribution in [3.05, 3.63) is 54.1 Å². The zero-order valence-electron chi connectivity index (χ0n) is 11.1. The number of benzene rings is 1. The van der Waals surface area contributed by atoms with Gasteiger partial charge in [0.25, 0.3) is 11.8 Å². The van der Waals surface area contributed by atoms with Crippen molar-refractivity contribution < 1.29 is 9.59 Å². The van der Waals surface area contributed by atoms with Crippen LogP contribution >= 0.6 is 0 Å². The Balaban J connectivity index is 1.90. The largest absolute Gasteiger partial charge is 0.269 e. The van der Waals surface area contributed by atoms with Crippen LogP contribution in [0.4, 0.5) is 0 Å². The monoisotopic (exact) mass is 256 g/mol. The number of hydrogen-bond donors (Lipinski definition) is 0. The molecule has 0 unspecified atom stereocenters. The van der Waals surface area contributed by atoms with Crippen molar-refractivity contribution in [3.8, 4) is 0 Å². The van der Waals surface area contributed by atoms with Crippen LogP contribution in [0.1, 0.15) is 53.3 Å². The standard InChI is InChI=1S/C16H18NO2/c1-2-3-4-5-6-9-12-17-15(18)13-10-7-8-11-14(13)16(17)19/h4-5,7-8,10-12H,2-3,6,9H2,1H3/b5-4+. The Hall–Kier alpha value is -1.90. The Morgan fingerprint density at radius 1 is 0.947 bits per heavy atom. The Morgan fingerprint density at radius 2 is 1.53 bits per heavy atom. The fraction of sp³-hybridized carbons (Fsp3) is 0.312. The summed E-state index contributed by atoms with van der Waals surface area (Å²) in [7, 11) is 0. The normalized spacial score (nSPS) is 14.5. The summed E-state index contributed by atoms with van der Waals surface area (Å²) >= 11 is 0. The fourth-order valence-corrected chi connectivity index (χ4v) is 2.08. The van der Waals surface area contributed by atoms with E-state index < -0.39 is 0 Å². The average Bonchev–Trinajstić information content (AvgIpc) is 2.68. The van der Waals surface area contributed by atoms with Crippen molar-refractivity contribution in [2.24, 2.45) is 0 Å². The number of carbonyl (C=O) groups excluding carboxylic acids is 2. The molecule has 1 aliphatic heterocycles. The van der Waals surface area contributed by atoms with Gasteiger partial charge in [-0.2, -0.15) is 0 Å². The topological polar surface area (TPSA) is 37.4 Å². The molecular formula is C16H18NO2. The predicted molar refractivity (Wildman–Crippen MR) is 74.5 cm³/mol. The number of nitrogens with zero attached hydrogens (tertiary/aromatic N) is 1. The molecule has 19 heavy (non-hydrogen) atoms. The van der Waals surface area contributed by atoms with E-state index in [1.54, 1.807) is 30.8 Å². The van der Waals surface area contributed by atoms with Gasteiger partial charge >= 0.3 is 0 Å². The smallest absolute Gasteiger partial charge is 0.261 e. The van der Waals surface area contributed by atoms with Crippen molar-refractivity contribution in [2.45, 2.75) is 32.6 Å². The summed E-state index contributed by atoms with van der Waals surface area (Å²) in [5.74, 6) is -0.420. The van der Waals surface area contributed by atoms with Crippen LogP contribution in [0.15, 0.2) is 36.4 Å². The second kappa shape index (κ2) is 6.32. The molecule has 1 aromatic carbocycles. The summed E-state index contributed by atoms with van der Waals surface area (Å²) in [4.78, 5) is 25.3. The highest BCUT2D eigenvalue weighted by Crippen LogP contribution is 2.24. The van der Waals surface area contributed by atoms with E-state index in [0.29, 0.717) is 17.5 Å². The second-order valence-corrected chi connectivity index (χ2v) is 4.55. The van der Waals surface area contributed by atoms with E-state index in [1.165, 1.54) is 4.90 Å². The average molecular weight is 256 g/mol. The van der Waals surface area contributed by atoms with E-state index in [-0.39, 0.29) is 11.8 Å². The lowest BCUT2D eigenvalue weighted by Crippen LogP contribution is -2.26. The van der Waals surface area contributed by atoms with Crippen LogP contribution < -0.4 is 0 Å². The molecule has 1 aliphatic rings. The highest BCUT2D eigenvalue weighted by Gasteiger charge is 2.34. The molecule has 0 N–H and O–H groups in total. The zero-order chi connectivity index (χ0) is 13.7. The van der Waals surface area contributed by atoms with Gasteiger partial charge in [0.15, 0.2) is 0 Å². The quantitative estimate of drug-likeness (QED) is 0.443. The Labute approximate surface area is 113 Å². The molecule has 1 aromatic rings. The molecule has 3 nitrogen and oxygen atoms in total. The predicted octanol–water partition coefficient (Wildman–Crippen LogP) is 3.58. The van der Waals surface area contributed by atoms with Crippen LogP contribution in [-0.2, 0) is 0 Å². The summed E-state index contributed by atoms with van der Waals surface area (Å²) in [6, 6.07) is 6.96. The molecule has 99 valence electrons. The van der Waals surface area contributed by atoms with E-state index in [0.717, 1.165) is 19.3 Å². The van der Waals surface area contributed by atoms with Crippen LogP contribution in [0, 0.1) is 6.54 Å². The minimum Gasteiger partial charge on any atom is -0.269 e. The van der Waals surface area contributed by atoms with Crippen LogP contribution in [0.5, 0.6) is 0 Å². The van der Waals surface area contributed by atoms with E-state index in [2.05, 4.69) is 19.1 Å². The zero-order valence-corrected chi connectivity index (χ0v) is 11.1. The Kier molecular flexibility index (Phi) is 4.50. The van der Waals surface area contributed by atoms with Gasteiger partial charge in [-0.25, -0.2) is 0 Å². The maximum absolute atomic E-state index is 12.0. The van der Waals surface area contributed by atoms with Gasteiger partial charge in [-0.3, -0.25) is 14.5 Å². The second-order valence-electron chi connectivity index (χ2n) is 4.55. The first-order valence-electron chi connectivity index (χ1n) is 6.71. The van der Waals surface area contributed by atoms with Crippen LogP contribution in [0.3, 0.4) is 0 Å². The summed E-state index contributed by atoms with van der Waals surface area (Å²) in [5.41, 5.74) is 1.01. The van der Waals surface area contributed by atoms with E-state index in [1.807, 2.05) is 0 Å². The lowest BCUT2D eigenvalue weighted by molar-refractivity contribution is 0.0692. The third-order valence-corrected chi connectivity index (χ3v) is 3.09. The molecule has 1 heterocycles. The molecule has 0 saturated carbocycles. The number of hydrogen-bond acceptors (Lipinski definition) is 2. The van der Waals surface area contributed by atoms with Crippen molar-refractivity contribution in [3.63, 3.8) is 0 Å². The number of unbranched alkanes of at least 4 members (excludes halogenated alkanes) is 2.